The lowest BCUT2D eigenvalue weighted by Gasteiger charge is -2.44. The largest absolute Gasteiger partial charge is 0.487 e. The van der Waals surface area contributed by atoms with Gasteiger partial charge in [0.25, 0.3) is 0 Å². The summed E-state index contributed by atoms with van der Waals surface area (Å²) in [5, 5.41) is 7.56. The third-order valence-electron chi connectivity index (χ3n) is 7.19. The molecule has 11 nitrogen and oxygen atoms in total. The first kappa shape index (κ1) is 22.7. The molecule has 0 spiro atoms. The highest BCUT2D eigenvalue weighted by atomic mass is 16.5. The minimum absolute atomic E-state index is 0.294. The molecule has 2 aliphatic rings. The molecule has 1 unspecified atom stereocenters. The molecule has 0 bridgehead atoms. The summed E-state index contributed by atoms with van der Waals surface area (Å²) in [4.78, 5) is 23.1. The number of nitrogens with zero attached hydrogens (tertiary/aromatic N) is 8. The number of aryl methyl sites for hydroxylation is 1. The average Bonchev–Trinajstić information content (AvgIpc) is 3.41. The molecule has 11 heteroatoms. The smallest absolute Gasteiger partial charge is 0.172 e. The number of piperazine rings is 1. The van der Waals surface area contributed by atoms with Gasteiger partial charge < -0.3 is 19.7 Å². The van der Waals surface area contributed by atoms with Crippen LogP contribution >= 0.6 is 0 Å². The Morgan fingerprint density at radius 1 is 1.08 bits per heavy atom. The van der Waals surface area contributed by atoms with Gasteiger partial charge in [0, 0.05) is 43.7 Å². The van der Waals surface area contributed by atoms with Crippen molar-refractivity contribution in [3.8, 4) is 17.2 Å². The van der Waals surface area contributed by atoms with E-state index in [1.54, 1.807) is 10.8 Å². The first-order chi connectivity index (χ1) is 18.6. The topological polar surface area (TPSA) is 106 Å². The number of likely N-dealkylation sites (N-methyl/N-ethyl adjacent to an activating group) is 1. The van der Waals surface area contributed by atoms with Crippen LogP contribution < -0.4 is 19.7 Å². The maximum Gasteiger partial charge on any atom is 0.172 e. The zero-order chi connectivity index (χ0) is 25.6. The molecule has 38 heavy (non-hydrogen) atoms. The van der Waals surface area contributed by atoms with E-state index in [-0.39, 0.29) is 0 Å². The van der Waals surface area contributed by atoms with Crippen molar-refractivity contribution in [1.29, 1.82) is 0 Å². The van der Waals surface area contributed by atoms with E-state index in [2.05, 4.69) is 42.1 Å². The van der Waals surface area contributed by atoms with Crippen LogP contribution in [0, 0.1) is 6.92 Å². The maximum atomic E-state index is 6.12. The zero-order valence-electron chi connectivity index (χ0n) is 21.2. The first-order valence-electron chi connectivity index (χ1n) is 12.8. The van der Waals surface area contributed by atoms with Crippen LogP contribution in [0.5, 0.6) is 17.2 Å². The number of rotatable bonds is 5. The van der Waals surface area contributed by atoms with E-state index in [9.17, 15) is 0 Å². The van der Waals surface area contributed by atoms with E-state index >= 15 is 0 Å². The standard InChI is InChI=1S/C27H27N9O2/c1-3-34-8-9-35-19(13-34)14-37-23-12-21-25(33-27(23)35)26(30-15-28-21)32-18-4-5-22(17(2)10-18)38-20-6-7-36-24(11-20)29-16-31-36/h4-7,10-12,15-16,19H,3,8-9,13-14H2,1-2H3,(H,28,30,32). The monoisotopic (exact) mass is 509 g/mol. The van der Waals surface area contributed by atoms with Crippen LogP contribution in [0.2, 0.25) is 0 Å². The summed E-state index contributed by atoms with van der Waals surface area (Å²) < 4.78 is 13.9. The Morgan fingerprint density at radius 2 is 2.03 bits per heavy atom. The van der Waals surface area contributed by atoms with E-state index < -0.39 is 0 Å². The highest BCUT2D eigenvalue weighted by molar-refractivity contribution is 5.90. The van der Waals surface area contributed by atoms with Gasteiger partial charge in [-0.15, -0.1) is 0 Å². The maximum absolute atomic E-state index is 6.12. The molecule has 7 rings (SSSR count). The Hall–Kier alpha value is -4.51. The van der Waals surface area contributed by atoms with Crippen LogP contribution in [0.4, 0.5) is 17.3 Å². The lowest BCUT2D eigenvalue weighted by Crippen LogP contribution is -2.57. The van der Waals surface area contributed by atoms with Crippen molar-refractivity contribution in [2.45, 2.75) is 19.9 Å². The molecule has 4 aromatic heterocycles. The molecule has 0 aliphatic carbocycles. The van der Waals surface area contributed by atoms with Gasteiger partial charge in [-0.3, -0.25) is 4.90 Å². The predicted octanol–water partition coefficient (Wildman–Crippen LogP) is 3.81. The van der Waals surface area contributed by atoms with Crippen molar-refractivity contribution in [2.24, 2.45) is 0 Å². The van der Waals surface area contributed by atoms with E-state index in [0.29, 0.717) is 29.7 Å². The summed E-state index contributed by atoms with van der Waals surface area (Å²) in [5.41, 5.74) is 4.05. The summed E-state index contributed by atoms with van der Waals surface area (Å²) >= 11 is 0. The molecule has 192 valence electrons. The average molecular weight is 510 g/mol. The summed E-state index contributed by atoms with van der Waals surface area (Å²) in [6, 6.07) is 11.9. The van der Waals surface area contributed by atoms with Crippen LogP contribution in [0.15, 0.2) is 55.2 Å². The highest BCUT2D eigenvalue weighted by Crippen LogP contribution is 2.37. The van der Waals surface area contributed by atoms with Gasteiger partial charge >= 0.3 is 0 Å². The van der Waals surface area contributed by atoms with Crippen LogP contribution in [0.3, 0.4) is 0 Å². The number of hydrogen-bond donors (Lipinski definition) is 1. The third kappa shape index (κ3) is 4.01. The molecule has 1 saturated heterocycles. The lowest BCUT2D eigenvalue weighted by molar-refractivity contribution is 0.171. The van der Waals surface area contributed by atoms with Crippen LogP contribution in [-0.2, 0) is 0 Å². The Bertz CT molecular complexity index is 1650. The van der Waals surface area contributed by atoms with E-state index in [0.717, 1.165) is 65.9 Å². The van der Waals surface area contributed by atoms with Crippen LogP contribution in [0.25, 0.3) is 16.7 Å². The molecule has 1 N–H and O–H groups in total. The molecule has 1 atom stereocenters. The SMILES string of the molecule is CCN1CCN2c3nc4c(Nc5ccc(Oc6ccn7ncnc7c6)c(C)c5)ncnc4cc3OCC2C1. The number of ether oxygens (including phenoxy) is 2. The normalized spacial score (nSPS) is 17.2. The molecule has 6 heterocycles. The van der Waals surface area contributed by atoms with E-state index in [1.165, 1.54) is 6.33 Å². The zero-order valence-corrected chi connectivity index (χ0v) is 21.2. The Morgan fingerprint density at radius 3 is 2.92 bits per heavy atom. The van der Waals surface area contributed by atoms with Gasteiger partial charge in [0.05, 0.1) is 11.6 Å². The number of benzene rings is 1. The van der Waals surface area contributed by atoms with Gasteiger partial charge in [-0.25, -0.2) is 24.5 Å². The molecule has 1 fully saturated rings. The summed E-state index contributed by atoms with van der Waals surface area (Å²) in [6.45, 7) is 8.84. The quantitative estimate of drug-likeness (QED) is 0.376. The molecule has 0 amide bonds. The third-order valence-corrected chi connectivity index (χ3v) is 7.19. The number of aromatic nitrogens is 6. The number of fused-ring (bicyclic) bond motifs is 5. The minimum atomic E-state index is 0.294. The van der Waals surface area contributed by atoms with Crippen molar-refractivity contribution in [2.75, 3.05) is 43.0 Å². The number of pyridine rings is 2. The predicted molar refractivity (Wildman–Crippen MR) is 144 cm³/mol. The van der Waals surface area contributed by atoms with E-state index in [1.807, 2.05) is 49.5 Å². The Balaban J connectivity index is 1.16. The minimum Gasteiger partial charge on any atom is -0.487 e. The molecule has 0 radical (unpaired) electrons. The molecule has 0 saturated carbocycles. The van der Waals surface area contributed by atoms with Crippen molar-refractivity contribution < 1.29 is 9.47 Å². The molecule has 5 aromatic rings. The van der Waals surface area contributed by atoms with Crippen molar-refractivity contribution in [3.63, 3.8) is 0 Å². The van der Waals surface area contributed by atoms with Gasteiger partial charge in [-0.1, -0.05) is 6.92 Å². The fourth-order valence-electron chi connectivity index (χ4n) is 5.14. The number of nitrogens with one attached hydrogen (secondary N) is 1. The van der Waals surface area contributed by atoms with Crippen molar-refractivity contribution in [3.05, 3.63) is 60.8 Å². The number of hydrogen-bond acceptors (Lipinski definition) is 10. The van der Waals surface area contributed by atoms with Gasteiger partial charge in [0.15, 0.2) is 23.0 Å². The lowest BCUT2D eigenvalue weighted by atomic mass is 10.1. The second-order valence-electron chi connectivity index (χ2n) is 9.58. The summed E-state index contributed by atoms with van der Waals surface area (Å²) in [6.07, 6.45) is 4.89. The fourth-order valence-corrected chi connectivity index (χ4v) is 5.14. The van der Waals surface area contributed by atoms with Crippen LogP contribution in [0.1, 0.15) is 12.5 Å². The Kier molecular flexibility index (Phi) is 5.43. The number of anilines is 3. The molecular formula is C27H27N9O2. The van der Waals surface area contributed by atoms with Gasteiger partial charge in [-0.05, 0) is 43.3 Å². The molecule has 2 aliphatic heterocycles. The highest BCUT2D eigenvalue weighted by Gasteiger charge is 2.34. The van der Waals surface area contributed by atoms with Gasteiger partial charge in [0.2, 0.25) is 0 Å². The summed E-state index contributed by atoms with van der Waals surface area (Å²) in [7, 11) is 0. The van der Waals surface area contributed by atoms with Crippen LogP contribution in [-0.4, -0.2) is 73.3 Å². The molecular weight excluding hydrogens is 482 g/mol. The second kappa shape index (κ2) is 9.10. The first-order valence-corrected chi connectivity index (χ1v) is 12.8. The summed E-state index contributed by atoms with van der Waals surface area (Å²) in [5.74, 6) is 3.76. The second-order valence-corrected chi connectivity index (χ2v) is 9.58. The van der Waals surface area contributed by atoms with Gasteiger partial charge in [-0.2, -0.15) is 5.10 Å². The van der Waals surface area contributed by atoms with Crippen molar-refractivity contribution in [1.82, 2.24) is 34.4 Å². The molecule has 1 aromatic carbocycles. The van der Waals surface area contributed by atoms with Crippen molar-refractivity contribution >= 4 is 34.0 Å². The fraction of sp³-hybridized carbons (Fsp3) is 0.296. The Labute approximate surface area is 219 Å². The van der Waals surface area contributed by atoms with E-state index in [4.69, 9.17) is 14.5 Å². The van der Waals surface area contributed by atoms with Gasteiger partial charge in [0.1, 0.15) is 36.3 Å².